The van der Waals surface area contributed by atoms with Crippen molar-refractivity contribution in [1.82, 2.24) is 0 Å². The topological polar surface area (TPSA) is 89.7 Å². The SMILES string of the molecule is COSc1cc(C(=O)O)ccc1[N+](=O)[O-]. The molecule has 1 aromatic carbocycles. The van der Waals surface area contributed by atoms with Crippen LogP contribution in [-0.2, 0) is 4.18 Å². The van der Waals surface area contributed by atoms with Gasteiger partial charge in [0.05, 0.1) is 17.6 Å². The Morgan fingerprint density at radius 2 is 2.27 bits per heavy atom. The quantitative estimate of drug-likeness (QED) is 0.482. The summed E-state index contributed by atoms with van der Waals surface area (Å²) in [7, 11) is 1.35. The Morgan fingerprint density at radius 3 is 2.73 bits per heavy atom. The van der Waals surface area contributed by atoms with Crippen molar-refractivity contribution in [3.8, 4) is 0 Å². The number of carbonyl (C=O) groups is 1. The number of nitro groups is 1. The van der Waals surface area contributed by atoms with Gasteiger partial charge in [-0.3, -0.25) is 10.1 Å². The monoisotopic (exact) mass is 229 g/mol. The van der Waals surface area contributed by atoms with Crippen LogP contribution in [-0.4, -0.2) is 23.1 Å². The van der Waals surface area contributed by atoms with E-state index in [1.54, 1.807) is 0 Å². The Labute approximate surface area is 89.2 Å². The van der Waals surface area contributed by atoms with Gasteiger partial charge in [0.2, 0.25) is 0 Å². The molecule has 0 radical (unpaired) electrons. The minimum absolute atomic E-state index is 0.0137. The number of nitro benzene ring substituents is 1. The molecule has 1 rings (SSSR count). The van der Waals surface area contributed by atoms with Gasteiger partial charge in [-0.15, -0.1) is 0 Å². The summed E-state index contributed by atoms with van der Waals surface area (Å²) < 4.78 is 4.67. The third-order valence-electron chi connectivity index (χ3n) is 1.58. The third-order valence-corrected chi connectivity index (χ3v) is 2.25. The van der Waals surface area contributed by atoms with E-state index in [0.717, 1.165) is 18.1 Å². The number of hydrogen-bond acceptors (Lipinski definition) is 5. The number of carboxylic acids is 1. The molecule has 80 valence electrons. The van der Waals surface area contributed by atoms with Crippen molar-refractivity contribution in [2.75, 3.05) is 7.11 Å². The highest BCUT2D eigenvalue weighted by atomic mass is 32.2. The molecule has 0 saturated heterocycles. The Bertz CT molecular complexity index is 406. The van der Waals surface area contributed by atoms with E-state index < -0.39 is 10.9 Å². The lowest BCUT2D eigenvalue weighted by Gasteiger charge is -2.01. The van der Waals surface area contributed by atoms with Gasteiger partial charge in [0, 0.05) is 18.1 Å². The molecular weight excluding hydrogens is 222 g/mol. The predicted molar refractivity (Wildman–Crippen MR) is 52.9 cm³/mol. The van der Waals surface area contributed by atoms with E-state index in [2.05, 4.69) is 4.18 Å². The molecule has 6 nitrogen and oxygen atoms in total. The van der Waals surface area contributed by atoms with Crippen molar-refractivity contribution in [2.45, 2.75) is 4.90 Å². The van der Waals surface area contributed by atoms with Gasteiger partial charge in [-0.2, -0.15) is 0 Å². The molecule has 1 N–H and O–H groups in total. The maximum Gasteiger partial charge on any atom is 0.335 e. The van der Waals surface area contributed by atoms with Crippen molar-refractivity contribution >= 4 is 23.7 Å². The van der Waals surface area contributed by atoms with Gasteiger partial charge < -0.3 is 9.29 Å². The molecule has 0 aromatic heterocycles. The first-order valence-corrected chi connectivity index (χ1v) is 4.53. The number of aromatic carboxylic acids is 1. The molecule has 0 unspecified atom stereocenters. The zero-order valence-corrected chi connectivity index (χ0v) is 8.48. The van der Waals surface area contributed by atoms with E-state index in [4.69, 9.17) is 5.11 Å². The van der Waals surface area contributed by atoms with Gasteiger partial charge in [0.1, 0.15) is 4.90 Å². The second-order valence-electron chi connectivity index (χ2n) is 2.49. The Balaban J connectivity index is 3.20. The van der Waals surface area contributed by atoms with Gasteiger partial charge in [-0.05, 0) is 12.1 Å². The fourth-order valence-electron chi connectivity index (χ4n) is 0.955. The average Bonchev–Trinajstić information content (AvgIpc) is 2.17. The van der Waals surface area contributed by atoms with E-state index >= 15 is 0 Å². The molecule has 7 heteroatoms. The van der Waals surface area contributed by atoms with Gasteiger partial charge >= 0.3 is 5.97 Å². The van der Waals surface area contributed by atoms with E-state index in [1.807, 2.05) is 0 Å². The zero-order valence-electron chi connectivity index (χ0n) is 7.67. The number of carboxylic acid groups (broad SMARTS) is 1. The molecule has 0 amide bonds. The molecule has 0 saturated carbocycles. The van der Waals surface area contributed by atoms with E-state index in [0.29, 0.717) is 0 Å². The summed E-state index contributed by atoms with van der Waals surface area (Å²) in [5.41, 5.74) is -0.188. The zero-order chi connectivity index (χ0) is 11.4. The van der Waals surface area contributed by atoms with E-state index in [1.165, 1.54) is 19.2 Å². The summed E-state index contributed by atoms with van der Waals surface area (Å²) in [5, 5.41) is 19.3. The molecular formula is C8H7NO5S. The number of nitrogens with zero attached hydrogens (tertiary/aromatic N) is 1. The summed E-state index contributed by atoms with van der Waals surface area (Å²) in [5.74, 6) is -1.14. The first-order chi connectivity index (χ1) is 7.06. The van der Waals surface area contributed by atoms with Gasteiger partial charge in [0.15, 0.2) is 0 Å². The summed E-state index contributed by atoms with van der Waals surface area (Å²) in [6.45, 7) is 0. The van der Waals surface area contributed by atoms with Crippen molar-refractivity contribution < 1.29 is 19.0 Å². The van der Waals surface area contributed by atoms with Crippen LogP contribution in [0.3, 0.4) is 0 Å². The van der Waals surface area contributed by atoms with Crippen LogP contribution in [0.25, 0.3) is 0 Å². The number of benzene rings is 1. The average molecular weight is 229 g/mol. The van der Waals surface area contributed by atoms with E-state index in [-0.39, 0.29) is 16.1 Å². The maximum absolute atomic E-state index is 10.6. The molecule has 0 fully saturated rings. The lowest BCUT2D eigenvalue weighted by atomic mass is 10.2. The highest BCUT2D eigenvalue weighted by Gasteiger charge is 2.17. The summed E-state index contributed by atoms with van der Waals surface area (Å²) in [4.78, 5) is 20.8. The number of rotatable bonds is 4. The van der Waals surface area contributed by atoms with Crippen LogP contribution in [0.5, 0.6) is 0 Å². The lowest BCUT2D eigenvalue weighted by molar-refractivity contribution is -0.387. The smallest absolute Gasteiger partial charge is 0.335 e. The lowest BCUT2D eigenvalue weighted by Crippen LogP contribution is -1.98. The molecule has 1 aromatic rings. The summed E-state index contributed by atoms with van der Waals surface area (Å²) in [6.07, 6.45) is 0. The molecule has 15 heavy (non-hydrogen) atoms. The van der Waals surface area contributed by atoms with Crippen LogP contribution >= 0.6 is 12.0 Å². The fourth-order valence-corrected chi connectivity index (χ4v) is 1.54. The van der Waals surface area contributed by atoms with Crippen molar-refractivity contribution in [3.63, 3.8) is 0 Å². The van der Waals surface area contributed by atoms with Crippen LogP contribution in [0.15, 0.2) is 23.1 Å². The largest absolute Gasteiger partial charge is 0.478 e. The van der Waals surface area contributed by atoms with Crippen LogP contribution in [0.4, 0.5) is 5.69 Å². The minimum atomic E-state index is -1.14. The first-order valence-electron chi connectivity index (χ1n) is 3.78. The minimum Gasteiger partial charge on any atom is -0.478 e. The molecule has 0 aliphatic rings. The van der Waals surface area contributed by atoms with Crippen molar-refractivity contribution in [2.24, 2.45) is 0 Å². The molecule has 0 bridgehead atoms. The summed E-state index contributed by atoms with van der Waals surface area (Å²) >= 11 is 0.757. The second-order valence-corrected chi connectivity index (χ2v) is 3.43. The van der Waals surface area contributed by atoms with Gasteiger partial charge in [-0.25, -0.2) is 4.79 Å². The molecule has 0 heterocycles. The Kier molecular flexibility index (Phi) is 3.64. The van der Waals surface area contributed by atoms with Gasteiger partial charge in [0.25, 0.3) is 5.69 Å². The molecule has 0 atom stereocenters. The maximum atomic E-state index is 10.6. The summed E-state index contributed by atoms with van der Waals surface area (Å²) in [6, 6.07) is 3.53. The predicted octanol–water partition coefficient (Wildman–Crippen LogP) is 1.95. The highest BCUT2D eigenvalue weighted by molar-refractivity contribution is 7.94. The Morgan fingerprint density at radius 1 is 1.60 bits per heavy atom. The standard InChI is InChI=1S/C8H7NO5S/c1-14-15-7-4-5(8(10)11)2-3-6(7)9(12)13/h2-4H,1H3,(H,10,11). The normalized spacial score (nSPS) is 9.93. The fraction of sp³-hybridized carbons (Fsp3) is 0.125. The second kappa shape index (κ2) is 4.76. The van der Waals surface area contributed by atoms with Crippen LogP contribution in [0, 0.1) is 10.1 Å². The highest BCUT2D eigenvalue weighted by Crippen LogP contribution is 2.30. The van der Waals surface area contributed by atoms with Crippen LogP contribution in [0.1, 0.15) is 10.4 Å². The van der Waals surface area contributed by atoms with Crippen LogP contribution < -0.4 is 0 Å². The molecule has 0 aliphatic carbocycles. The van der Waals surface area contributed by atoms with Crippen LogP contribution in [0.2, 0.25) is 0 Å². The van der Waals surface area contributed by atoms with Crippen molar-refractivity contribution in [1.29, 1.82) is 0 Å². The third kappa shape index (κ3) is 2.67. The molecule has 0 aliphatic heterocycles. The number of hydrogen-bond donors (Lipinski definition) is 1. The first kappa shape index (κ1) is 11.5. The van der Waals surface area contributed by atoms with E-state index in [9.17, 15) is 14.9 Å². The van der Waals surface area contributed by atoms with Gasteiger partial charge in [-0.1, -0.05) is 0 Å². The Hall–Kier alpha value is -1.60. The molecule has 0 spiro atoms. The van der Waals surface area contributed by atoms with Crippen molar-refractivity contribution in [3.05, 3.63) is 33.9 Å².